The van der Waals surface area contributed by atoms with Crippen LogP contribution in [0.25, 0.3) is 10.8 Å². The van der Waals surface area contributed by atoms with Gasteiger partial charge < -0.3 is 10.2 Å². The van der Waals surface area contributed by atoms with Crippen molar-refractivity contribution in [3.63, 3.8) is 0 Å². The predicted molar refractivity (Wildman–Crippen MR) is 102 cm³/mol. The van der Waals surface area contributed by atoms with Crippen LogP contribution in [0.15, 0.2) is 66.7 Å². The molecule has 0 saturated heterocycles. The maximum Gasteiger partial charge on any atom is 0.224 e. The summed E-state index contributed by atoms with van der Waals surface area (Å²) in [5.74, 6) is 0.0587. The zero-order valence-electron chi connectivity index (χ0n) is 14.9. The molecule has 0 atom stereocenters. The SMILES string of the molecule is C[NH+](C)Cc1ccccc1CNC(=O)Cc1cccc2ccccc12. The molecule has 0 spiro atoms. The third-order valence-electron chi connectivity index (χ3n) is 4.37. The van der Waals surface area contributed by atoms with Gasteiger partial charge in [0.05, 0.1) is 20.5 Å². The van der Waals surface area contributed by atoms with Gasteiger partial charge in [-0.1, -0.05) is 66.7 Å². The number of quaternary nitrogens is 1. The van der Waals surface area contributed by atoms with Crippen molar-refractivity contribution in [2.75, 3.05) is 14.1 Å². The summed E-state index contributed by atoms with van der Waals surface area (Å²) >= 11 is 0. The molecule has 2 N–H and O–H groups in total. The molecular weight excluding hydrogens is 308 g/mol. The van der Waals surface area contributed by atoms with E-state index in [0.29, 0.717) is 13.0 Å². The molecule has 3 aromatic carbocycles. The zero-order chi connectivity index (χ0) is 17.6. The summed E-state index contributed by atoms with van der Waals surface area (Å²) in [5, 5.41) is 5.40. The molecule has 0 heterocycles. The van der Waals surface area contributed by atoms with Gasteiger partial charge in [0.1, 0.15) is 6.54 Å². The molecule has 0 aliphatic rings. The second-order valence-corrected chi connectivity index (χ2v) is 6.74. The van der Waals surface area contributed by atoms with Gasteiger partial charge in [0, 0.05) is 12.1 Å². The van der Waals surface area contributed by atoms with E-state index in [1.165, 1.54) is 21.4 Å². The fraction of sp³-hybridized carbons (Fsp3) is 0.227. The van der Waals surface area contributed by atoms with Crippen LogP contribution in [-0.2, 0) is 24.3 Å². The lowest BCUT2D eigenvalue weighted by Gasteiger charge is -2.13. The number of hydrogen-bond donors (Lipinski definition) is 2. The highest BCUT2D eigenvalue weighted by molar-refractivity contribution is 5.90. The number of fused-ring (bicyclic) bond motifs is 1. The molecule has 0 unspecified atom stereocenters. The highest BCUT2D eigenvalue weighted by atomic mass is 16.1. The van der Waals surface area contributed by atoms with Crippen molar-refractivity contribution in [3.8, 4) is 0 Å². The van der Waals surface area contributed by atoms with Crippen molar-refractivity contribution in [3.05, 3.63) is 83.4 Å². The van der Waals surface area contributed by atoms with E-state index in [-0.39, 0.29) is 5.91 Å². The van der Waals surface area contributed by atoms with Crippen LogP contribution in [0, 0.1) is 0 Å². The first-order valence-corrected chi connectivity index (χ1v) is 8.72. The van der Waals surface area contributed by atoms with E-state index in [2.05, 4.69) is 55.8 Å². The van der Waals surface area contributed by atoms with Crippen molar-refractivity contribution in [2.24, 2.45) is 0 Å². The molecule has 0 aromatic heterocycles. The van der Waals surface area contributed by atoms with Crippen molar-refractivity contribution in [1.29, 1.82) is 0 Å². The molecule has 25 heavy (non-hydrogen) atoms. The van der Waals surface area contributed by atoms with Crippen molar-refractivity contribution in [2.45, 2.75) is 19.5 Å². The van der Waals surface area contributed by atoms with Crippen LogP contribution in [0.1, 0.15) is 16.7 Å². The highest BCUT2D eigenvalue weighted by Crippen LogP contribution is 2.19. The van der Waals surface area contributed by atoms with Crippen LogP contribution in [0.2, 0.25) is 0 Å². The van der Waals surface area contributed by atoms with E-state index in [1.807, 2.05) is 30.3 Å². The van der Waals surface area contributed by atoms with Crippen LogP contribution < -0.4 is 10.2 Å². The minimum absolute atomic E-state index is 0.0587. The van der Waals surface area contributed by atoms with Gasteiger partial charge in [-0.2, -0.15) is 0 Å². The Morgan fingerprint density at radius 2 is 1.48 bits per heavy atom. The van der Waals surface area contributed by atoms with Crippen LogP contribution >= 0.6 is 0 Å². The van der Waals surface area contributed by atoms with Crippen LogP contribution in [0.3, 0.4) is 0 Å². The topological polar surface area (TPSA) is 33.5 Å². The van der Waals surface area contributed by atoms with E-state index < -0.39 is 0 Å². The smallest absolute Gasteiger partial charge is 0.224 e. The number of hydrogen-bond acceptors (Lipinski definition) is 1. The Morgan fingerprint density at radius 1 is 0.840 bits per heavy atom. The Hall–Kier alpha value is -2.65. The maximum atomic E-state index is 12.4. The first-order valence-electron chi connectivity index (χ1n) is 8.72. The molecule has 3 heteroatoms. The van der Waals surface area contributed by atoms with E-state index in [0.717, 1.165) is 17.5 Å². The Kier molecular flexibility index (Phi) is 5.46. The summed E-state index contributed by atoms with van der Waals surface area (Å²) in [6.07, 6.45) is 0.405. The molecule has 3 aromatic rings. The fourth-order valence-corrected chi connectivity index (χ4v) is 3.16. The van der Waals surface area contributed by atoms with Gasteiger partial charge in [-0.05, 0) is 21.9 Å². The van der Waals surface area contributed by atoms with Crippen molar-refractivity contribution >= 4 is 16.7 Å². The quantitative estimate of drug-likeness (QED) is 0.713. The first-order chi connectivity index (χ1) is 12.1. The molecule has 128 valence electrons. The average Bonchev–Trinajstić information content (AvgIpc) is 2.61. The molecule has 0 saturated carbocycles. The van der Waals surface area contributed by atoms with E-state index in [1.54, 1.807) is 0 Å². The van der Waals surface area contributed by atoms with E-state index >= 15 is 0 Å². The normalized spacial score (nSPS) is 11.0. The third kappa shape index (κ3) is 4.46. The van der Waals surface area contributed by atoms with Crippen molar-refractivity contribution < 1.29 is 9.69 Å². The summed E-state index contributed by atoms with van der Waals surface area (Å²) in [7, 11) is 4.27. The number of carbonyl (C=O) groups excluding carboxylic acids is 1. The molecule has 0 aliphatic heterocycles. The largest absolute Gasteiger partial charge is 0.352 e. The minimum atomic E-state index is 0.0587. The predicted octanol–water partition coefficient (Wildman–Crippen LogP) is 2.34. The van der Waals surface area contributed by atoms with Crippen LogP contribution in [0.5, 0.6) is 0 Å². The first kappa shape index (κ1) is 17.2. The molecule has 0 fully saturated rings. The van der Waals surface area contributed by atoms with Gasteiger partial charge in [0.2, 0.25) is 5.91 Å². The summed E-state index contributed by atoms with van der Waals surface area (Å²) in [6.45, 7) is 1.53. The van der Waals surface area contributed by atoms with Gasteiger partial charge in [0.15, 0.2) is 0 Å². The lowest BCUT2D eigenvalue weighted by Crippen LogP contribution is -3.04. The van der Waals surface area contributed by atoms with Crippen LogP contribution in [0.4, 0.5) is 0 Å². The number of carbonyl (C=O) groups is 1. The van der Waals surface area contributed by atoms with Gasteiger partial charge in [-0.3, -0.25) is 4.79 Å². The molecule has 1 amide bonds. The molecule has 3 rings (SSSR count). The molecular formula is C22H25N2O+. The molecule has 0 bridgehead atoms. The molecule has 0 aliphatic carbocycles. The van der Waals surface area contributed by atoms with Crippen LogP contribution in [-0.4, -0.2) is 20.0 Å². The molecule has 3 nitrogen and oxygen atoms in total. The molecule has 0 radical (unpaired) electrons. The standard InChI is InChI=1S/C22H24N2O/c1-24(2)16-20-10-4-3-9-19(20)15-23-22(25)14-18-12-7-11-17-8-5-6-13-21(17)18/h3-13H,14-16H2,1-2H3,(H,23,25)/p+1. The van der Waals surface area contributed by atoms with Crippen molar-refractivity contribution in [1.82, 2.24) is 5.32 Å². The summed E-state index contributed by atoms with van der Waals surface area (Å²) in [5.41, 5.74) is 3.55. The number of amides is 1. The summed E-state index contributed by atoms with van der Waals surface area (Å²) in [6, 6.07) is 22.6. The Morgan fingerprint density at radius 3 is 2.28 bits per heavy atom. The second-order valence-electron chi connectivity index (χ2n) is 6.74. The van der Waals surface area contributed by atoms with E-state index in [9.17, 15) is 4.79 Å². The average molecular weight is 333 g/mol. The van der Waals surface area contributed by atoms with Gasteiger partial charge in [-0.15, -0.1) is 0 Å². The Balaban J connectivity index is 1.67. The maximum absolute atomic E-state index is 12.4. The van der Waals surface area contributed by atoms with E-state index in [4.69, 9.17) is 0 Å². The Bertz CT molecular complexity index is 865. The number of rotatable bonds is 6. The zero-order valence-corrected chi connectivity index (χ0v) is 14.9. The monoisotopic (exact) mass is 333 g/mol. The minimum Gasteiger partial charge on any atom is -0.352 e. The van der Waals surface area contributed by atoms with Gasteiger partial charge in [-0.25, -0.2) is 0 Å². The highest BCUT2D eigenvalue weighted by Gasteiger charge is 2.09. The summed E-state index contributed by atoms with van der Waals surface area (Å²) < 4.78 is 0. The van der Waals surface area contributed by atoms with Gasteiger partial charge >= 0.3 is 0 Å². The van der Waals surface area contributed by atoms with Gasteiger partial charge in [0.25, 0.3) is 0 Å². The lowest BCUT2D eigenvalue weighted by molar-refractivity contribution is -0.872. The lowest BCUT2D eigenvalue weighted by atomic mass is 10.0. The number of nitrogens with one attached hydrogen (secondary N) is 2. The second kappa shape index (κ2) is 7.95. The number of benzene rings is 3. The third-order valence-corrected chi connectivity index (χ3v) is 4.37. The fourth-order valence-electron chi connectivity index (χ4n) is 3.16. The summed E-state index contributed by atoms with van der Waals surface area (Å²) in [4.78, 5) is 13.8. The Labute approximate surface area is 149 Å².